The highest BCUT2D eigenvalue weighted by Gasteiger charge is 1.91. The van der Waals surface area contributed by atoms with Gasteiger partial charge in [-0.05, 0) is 19.4 Å². The maximum Gasteiger partial charge on any atom is 0.326 e. The van der Waals surface area contributed by atoms with Crippen LogP contribution in [0.4, 0.5) is 4.79 Å². The highest BCUT2D eigenvalue weighted by atomic mass is 32.0. The highest BCUT2D eigenvalue weighted by molar-refractivity contribution is 8.11. The third kappa shape index (κ3) is 10.4. The molecular formula is C13H22O3P2. The smallest absolute Gasteiger partial charge is 0.326 e. The van der Waals surface area contributed by atoms with Crippen LogP contribution in [-0.2, 0) is 4.74 Å². The molecule has 0 heterocycles. The van der Waals surface area contributed by atoms with Crippen molar-refractivity contribution in [3.8, 4) is 0 Å². The molecule has 18 heavy (non-hydrogen) atoms. The lowest BCUT2D eigenvalue weighted by molar-refractivity contribution is 0.112. The van der Waals surface area contributed by atoms with Crippen molar-refractivity contribution in [1.82, 2.24) is 0 Å². The summed E-state index contributed by atoms with van der Waals surface area (Å²) in [5.74, 6) is 0. The van der Waals surface area contributed by atoms with E-state index in [2.05, 4.69) is 13.7 Å². The van der Waals surface area contributed by atoms with Crippen LogP contribution >= 0.6 is 17.1 Å². The first-order valence-electron chi connectivity index (χ1n) is 6.18. The summed E-state index contributed by atoms with van der Waals surface area (Å²) in [5, 5.41) is 0. The van der Waals surface area contributed by atoms with Gasteiger partial charge < -0.3 is 4.74 Å². The van der Waals surface area contributed by atoms with Gasteiger partial charge in [-0.2, -0.15) is 0 Å². The SMILES string of the molecule is CC.Cc1ccccc1C=O.[2H]P(P)C(=O)OCC. The summed E-state index contributed by atoms with van der Waals surface area (Å²) in [6.07, 6.45) is 0.870. The van der Waals surface area contributed by atoms with Crippen molar-refractivity contribution in [3.63, 3.8) is 0 Å². The molecule has 0 aromatic heterocycles. The molecule has 5 heteroatoms. The number of ether oxygens (including phenoxy) is 1. The Morgan fingerprint density at radius 3 is 2.33 bits per heavy atom. The van der Waals surface area contributed by atoms with Crippen LogP contribution < -0.4 is 0 Å². The van der Waals surface area contributed by atoms with Gasteiger partial charge in [-0.1, -0.05) is 38.1 Å². The van der Waals surface area contributed by atoms with Crippen molar-refractivity contribution in [2.24, 2.45) is 0 Å². The fourth-order valence-electron chi connectivity index (χ4n) is 0.880. The Bertz CT molecular complexity index is 371. The van der Waals surface area contributed by atoms with E-state index in [4.69, 9.17) is 1.28 Å². The zero-order valence-electron chi connectivity index (χ0n) is 12.3. The Hall–Kier alpha value is -0.780. The molecule has 2 unspecified atom stereocenters. The molecule has 0 fully saturated rings. The molecule has 1 rings (SSSR count). The summed E-state index contributed by atoms with van der Waals surface area (Å²) in [5.41, 5.74) is 1.39. The predicted molar refractivity (Wildman–Crippen MR) is 83.0 cm³/mol. The van der Waals surface area contributed by atoms with Crippen molar-refractivity contribution in [1.29, 1.82) is 1.28 Å². The quantitative estimate of drug-likeness (QED) is 0.610. The van der Waals surface area contributed by atoms with Crippen LogP contribution in [0.2, 0.25) is 0 Å². The molecule has 0 spiro atoms. The Labute approximate surface area is 115 Å². The van der Waals surface area contributed by atoms with Crippen molar-refractivity contribution in [3.05, 3.63) is 35.4 Å². The molecule has 1 aromatic carbocycles. The van der Waals surface area contributed by atoms with Gasteiger partial charge in [0, 0.05) is 13.8 Å². The maximum absolute atomic E-state index is 10.3. The first-order chi connectivity index (χ1) is 9.02. The monoisotopic (exact) mass is 289 g/mol. The van der Waals surface area contributed by atoms with Gasteiger partial charge in [0.15, 0.2) is 0 Å². The van der Waals surface area contributed by atoms with Crippen molar-refractivity contribution >= 4 is 29.1 Å². The van der Waals surface area contributed by atoms with Crippen LogP contribution in [0.1, 0.15) is 36.7 Å². The molecule has 0 amide bonds. The molecular weight excluding hydrogens is 266 g/mol. The van der Waals surface area contributed by atoms with Gasteiger partial charge >= 0.3 is 5.71 Å². The van der Waals surface area contributed by atoms with E-state index in [9.17, 15) is 9.59 Å². The van der Waals surface area contributed by atoms with E-state index in [1.165, 1.54) is 0 Å². The molecule has 102 valence electrons. The van der Waals surface area contributed by atoms with E-state index < -0.39 is 13.9 Å². The molecule has 0 aliphatic heterocycles. The fourth-order valence-corrected chi connectivity index (χ4v) is 1.31. The largest absolute Gasteiger partial charge is 0.463 e. The molecule has 2 atom stereocenters. The van der Waals surface area contributed by atoms with Gasteiger partial charge in [0.1, 0.15) is 6.29 Å². The standard InChI is InChI=1S/C8H8O.C3H8O2P2.C2H6/c1-7-4-2-3-5-8(7)6-9;1-2-5-3(4)7-6;1-2/h2-6H,1H3;7H,2,6H2,1H3;1-2H3/i;7D;. The number of benzene rings is 1. The summed E-state index contributed by atoms with van der Waals surface area (Å²) < 4.78 is 11.3. The zero-order chi connectivity index (χ0) is 15.3. The molecule has 0 aliphatic rings. The summed E-state index contributed by atoms with van der Waals surface area (Å²) >= 11 is 0. The predicted octanol–water partition coefficient (Wildman–Crippen LogP) is 4.45. The van der Waals surface area contributed by atoms with E-state index >= 15 is 0 Å². The second-order valence-electron chi connectivity index (χ2n) is 2.80. The molecule has 3 nitrogen and oxygen atoms in total. The summed E-state index contributed by atoms with van der Waals surface area (Å²) in [6.45, 7) is 8.01. The molecule has 0 radical (unpaired) electrons. The molecule has 0 saturated carbocycles. The molecule has 0 N–H and O–H groups in total. The van der Waals surface area contributed by atoms with Gasteiger partial charge in [-0.25, -0.2) is 4.79 Å². The molecule has 0 bridgehead atoms. The van der Waals surface area contributed by atoms with E-state index in [1.54, 1.807) is 6.92 Å². The second kappa shape index (κ2) is 14.3. The number of carbonyl (C=O) groups is 2. The van der Waals surface area contributed by atoms with Gasteiger partial charge in [-0.3, -0.25) is 4.79 Å². The second-order valence-corrected chi connectivity index (χ2v) is 4.20. The minimum absolute atomic E-state index is 0.366. The van der Waals surface area contributed by atoms with Crippen molar-refractivity contribution in [2.45, 2.75) is 27.7 Å². The van der Waals surface area contributed by atoms with Crippen LogP contribution in [0.5, 0.6) is 0 Å². The Morgan fingerprint density at radius 2 is 2.06 bits per heavy atom. The number of carbonyl (C=O) groups excluding carboxylic acids is 2. The van der Waals surface area contributed by atoms with Crippen LogP contribution in [0, 0.1) is 6.92 Å². The van der Waals surface area contributed by atoms with E-state index in [-0.39, 0.29) is 0 Å². The van der Waals surface area contributed by atoms with Gasteiger partial charge in [0.2, 0.25) is 0 Å². The highest BCUT2D eigenvalue weighted by Crippen LogP contribution is 2.22. The molecule has 1 aromatic rings. The number of aryl methyl sites for hydroxylation is 1. The van der Waals surface area contributed by atoms with Gasteiger partial charge in [0.25, 0.3) is 0 Å². The Balaban J connectivity index is 0. The Kier molecular flexibility index (Phi) is 13.7. The molecule has 0 saturated heterocycles. The van der Waals surface area contributed by atoms with Crippen LogP contribution in [0.3, 0.4) is 0 Å². The minimum atomic E-state index is -1.36. The Morgan fingerprint density at radius 1 is 1.50 bits per heavy atom. The van der Waals surface area contributed by atoms with E-state index in [0.717, 1.165) is 17.4 Å². The average molecular weight is 289 g/mol. The normalized spacial score (nSPS) is 10.6. The number of rotatable bonds is 3. The lowest BCUT2D eigenvalue weighted by atomic mass is 10.1. The zero-order valence-corrected chi connectivity index (χ0v) is 13.4. The van der Waals surface area contributed by atoms with E-state index in [0.29, 0.717) is 6.61 Å². The average Bonchev–Trinajstić information content (AvgIpc) is 2.42. The van der Waals surface area contributed by atoms with Gasteiger partial charge in [0.05, 0.1) is 7.89 Å². The number of aldehydes is 1. The summed E-state index contributed by atoms with van der Waals surface area (Å²) in [7, 11) is 0.742. The third-order valence-corrected chi connectivity index (χ3v) is 2.66. The van der Waals surface area contributed by atoms with Crippen LogP contribution in [0.15, 0.2) is 24.3 Å². The first-order valence-corrected chi connectivity index (χ1v) is 8.25. The summed E-state index contributed by atoms with van der Waals surface area (Å²) in [4.78, 5) is 20.6. The van der Waals surface area contributed by atoms with Crippen molar-refractivity contribution in [2.75, 3.05) is 6.61 Å². The van der Waals surface area contributed by atoms with E-state index in [1.807, 2.05) is 45.0 Å². The summed E-state index contributed by atoms with van der Waals surface area (Å²) in [6, 6.07) is 7.51. The first kappa shape index (κ1) is 17.2. The van der Waals surface area contributed by atoms with Crippen LogP contribution in [0.25, 0.3) is 0 Å². The van der Waals surface area contributed by atoms with Gasteiger partial charge in [-0.15, -0.1) is 8.93 Å². The third-order valence-electron chi connectivity index (χ3n) is 1.69. The number of hydrogen-bond donors (Lipinski definition) is 0. The lowest BCUT2D eigenvalue weighted by Gasteiger charge is -1.93. The topological polar surface area (TPSA) is 43.4 Å². The van der Waals surface area contributed by atoms with Crippen LogP contribution in [-0.4, -0.2) is 19.9 Å². The molecule has 0 aliphatic carbocycles. The fraction of sp³-hybridized carbons (Fsp3) is 0.385. The van der Waals surface area contributed by atoms with Crippen molar-refractivity contribution < 1.29 is 14.3 Å². The minimum Gasteiger partial charge on any atom is -0.463 e. The lowest BCUT2D eigenvalue weighted by Crippen LogP contribution is -1.90. The number of hydrogen-bond acceptors (Lipinski definition) is 3. The maximum atomic E-state index is 10.3.